The fraction of sp³-hybridized carbons (Fsp3) is 0.500. The van der Waals surface area contributed by atoms with Crippen LogP contribution < -0.4 is 10.6 Å². The minimum absolute atomic E-state index is 0.0238. The minimum Gasteiger partial charge on any atom is -0.461 e. The van der Waals surface area contributed by atoms with E-state index in [1.807, 2.05) is 0 Å². The van der Waals surface area contributed by atoms with Crippen LogP contribution in [-0.2, 0) is 38.2 Å². The van der Waals surface area contributed by atoms with Crippen molar-refractivity contribution in [3.8, 4) is 0 Å². The highest BCUT2D eigenvalue weighted by Gasteiger charge is 2.43. The third-order valence-corrected chi connectivity index (χ3v) is 6.11. The van der Waals surface area contributed by atoms with Crippen LogP contribution in [0.3, 0.4) is 0 Å². The average molecular weight is 531 g/mol. The van der Waals surface area contributed by atoms with Crippen molar-refractivity contribution in [1.82, 2.24) is 10.6 Å². The van der Waals surface area contributed by atoms with Crippen LogP contribution in [0.2, 0.25) is 0 Å². The second-order valence-corrected chi connectivity index (χ2v) is 10.2. The van der Waals surface area contributed by atoms with Crippen LogP contribution in [0.15, 0.2) is 47.6 Å². The maximum absolute atomic E-state index is 13.5. The first kappa shape index (κ1) is 32.2. The number of nitrogens with one attached hydrogen (secondary N) is 2. The molecule has 0 fully saturated rings. The highest BCUT2D eigenvalue weighted by atomic mass is 16.5. The van der Waals surface area contributed by atoms with Crippen molar-refractivity contribution in [3.63, 3.8) is 0 Å². The monoisotopic (exact) mass is 530 g/mol. The zero-order valence-electron chi connectivity index (χ0n) is 23.1. The van der Waals surface area contributed by atoms with Crippen LogP contribution in [0.5, 0.6) is 0 Å². The van der Waals surface area contributed by atoms with Gasteiger partial charge in [-0.1, -0.05) is 40.9 Å². The molecule has 2 N–H and O–H groups in total. The third-order valence-electron chi connectivity index (χ3n) is 6.11. The van der Waals surface area contributed by atoms with Crippen molar-refractivity contribution in [2.24, 2.45) is 10.8 Å². The lowest BCUT2D eigenvalue weighted by atomic mass is 9.66. The number of carbonyl (C=O) groups excluding carboxylic acids is 6. The molecule has 0 atom stereocenters. The Hall–Kier alpha value is -3.82. The second kappa shape index (κ2) is 13.6. The number of rotatable bonds is 14. The van der Waals surface area contributed by atoms with Gasteiger partial charge < -0.3 is 20.1 Å². The van der Waals surface area contributed by atoms with E-state index in [0.717, 1.165) is 12.2 Å². The summed E-state index contributed by atoms with van der Waals surface area (Å²) in [4.78, 5) is 74.2. The molecule has 0 aromatic heterocycles. The van der Waals surface area contributed by atoms with E-state index in [0.29, 0.717) is 0 Å². The lowest BCUT2D eigenvalue weighted by molar-refractivity contribution is -0.138. The molecule has 0 aromatic rings. The van der Waals surface area contributed by atoms with Crippen molar-refractivity contribution in [2.75, 3.05) is 26.3 Å². The molecule has 0 bridgehead atoms. The largest absolute Gasteiger partial charge is 0.461 e. The van der Waals surface area contributed by atoms with Crippen molar-refractivity contribution in [3.05, 3.63) is 47.6 Å². The Morgan fingerprint density at radius 2 is 1.03 bits per heavy atom. The summed E-state index contributed by atoms with van der Waals surface area (Å²) in [6.45, 7) is 16.7. The Balaban J connectivity index is 2.96. The summed E-state index contributed by atoms with van der Waals surface area (Å²) < 4.78 is 9.65. The Morgan fingerprint density at radius 3 is 1.32 bits per heavy atom. The highest BCUT2D eigenvalue weighted by molar-refractivity contribution is 6.26. The van der Waals surface area contributed by atoms with Gasteiger partial charge in [0.1, 0.15) is 13.2 Å². The quantitative estimate of drug-likeness (QED) is 0.151. The molecule has 10 nitrogen and oxygen atoms in total. The molecule has 2 amide bonds. The van der Waals surface area contributed by atoms with Gasteiger partial charge in [-0.15, -0.1) is 0 Å². The first-order valence-corrected chi connectivity index (χ1v) is 12.2. The number of hydrogen-bond acceptors (Lipinski definition) is 8. The molecule has 0 saturated heterocycles. The van der Waals surface area contributed by atoms with Crippen LogP contribution in [0, 0.1) is 10.8 Å². The molecule has 38 heavy (non-hydrogen) atoms. The van der Waals surface area contributed by atoms with Crippen molar-refractivity contribution in [1.29, 1.82) is 0 Å². The van der Waals surface area contributed by atoms with Crippen LogP contribution in [-0.4, -0.2) is 61.6 Å². The highest BCUT2D eigenvalue weighted by Crippen LogP contribution is 2.44. The summed E-state index contributed by atoms with van der Waals surface area (Å²) in [5.74, 6) is -2.63. The van der Waals surface area contributed by atoms with Crippen molar-refractivity contribution < 1.29 is 38.2 Å². The zero-order chi connectivity index (χ0) is 29.3. The van der Waals surface area contributed by atoms with Gasteiger partial charge in [0.2, 0.25) is 11.8 Å². The number of ketones is 2. The van der Waals surface area contributed by atoms with Crippen LogP contribution >= 0.6 is 0 Å². The number of carbonyl (C=O) groups is 6. The van der Waals surface area contributed by atoms with E-state index in [1.165, 1.54) is 0 Å². The number of esters is 2. The molecular weight excluding hydrogens is 492 g/mol. The van der Waals surface area contributed by atoms with Gasteiger partial charge in [0.05, 0.1) is 13.1 Å². The fourth-order valence-corrected chi connectivity index (χ4v) is 4.48. The van der Waals surface area contributed by atoms with Gasteiger partial charge in [-0.25, -0.2) is 9.59 Å². The average Bonchev–Trinajstić information content (AvgIpc) is 2.82. The van der Waals surface area contributed by atoms with Crippen LogP contribution in [0.4, 0.5) is 0 Å². The summed E-state index contributed by atoms with van der Waals surface area (Å²) in [7, 11) is 0. The van der Waals surface area contributed by atoms with Gasteiger partial charge in [-0.2, -0.15) is 0 Å². The minimum atomic E-state index is -0.962. The van der Waals surface area contributed by atoms with Crippen molar-refractivity contribution >= 4 is 35.3 Å². The third kappa shape index (κ3) is 8.64. The van der Waals surface area contributed by atoms with E-state index in [2.05, 4.69) is 23.8 Å². The molecule has 0 saturated carbocycles. The molecule has 208 valence electrons. The van der Waals surface area contributed by atoms with E-state index >= 15 is 0 Å². The summed E-state index contributed by atoms with van der Waals surface area (Å²) in [5, 5.41) is 5.27. The van der Waals surface area contributed by atoms with Gasteiger partial charge in [-0.3, -0.25) is 19.2 Å². The smallest absolute Gasteiger partial charge is 0.330 e. The summed E-state index contributed by atoms with van der Waals surface area (Å²) in [5.41, 5.74) is -0.954. The maximum Gasteiger partial charge on any atom is 0.330 e. The topological polar surface area (TPSA) is 145 Å². The Labute approximate surface area is 223 Å². The summed E-state index contributed by atoms with van der Waals surface area (Å²) in [6, 6.07) is 0. The van der Waals surface area contributed by atoms with E-state index in [-0.39, 0.29) is 84.8 Å². The lowest BCUT2D eigenvalue weighted by Gasteiger charge is -2.36. The Kier molecular flexibility index (Phi) is 11.6. The molecule has 1 rings (SSSR count). The number of allylic oxidation sites excluding steroid dienone is 4. The van der Waals surface area contributed by atoms with E-state index in [9.17, 15) is 28.8 Å². The standard InChI is InChI=1S/C28H38N2O8/c1-9-21(33)37-13-11-29-19(31)15-27(5,6)23-17(3)26(36)24(18(4)25(23)35)28(7,8)16-20(32)30-12-14-38-22(34)10-2/h9-10H,1-2,11-16H2,3-8H3,(H,29,31)(H,30,32). The lowest BCUT2D eigenvalue weighted by Crippen LogP contribution is -2.39. The molecule has 0 aliphatic heterocycles. The zero-order valence-corrected chi connectivity index (χ0v) is 23.1. The number of amides is 2. The van der Waals surface area contributed by atoms with Gasteiger partial charge >= 0.3 is 11.9 Å². The SMILES string of the molecule is C=CC(=O)OCCNC(=O)CC(C)(C)C1=C(C)C(=O)C(C(C)(C)CC(=O)NCCOC(=O)C=C)=C(C)C1=O. The van der Waals surface area contributed by atoms with Gasteiger partial charge in [0.15, 0.2) is 11.6 Å². The molecule has 1 aliphatic carbocycles. The maximum atomic E-state index is 13.5. The fourth-order valence-electron chi connectivity index (χ4n) is 4.48. The Morgan fingerprint density at radius 1 is 0.711 bits per heavy atom. The molecule has 0 heterocycles. The van der Waals surface area contributed by atoms with Crippen molar-refractivity contribution in [2.45, 2.75) is 54.4 Å². The van der Waals surface area contributed by atoms with Crippen LogP contribution in [0.25, 0.3) is 0 Å². The number of ether oxygens (including phenoxy) is 2. The van der Waals surface area contributed by atoms with E-state index in [4.69, 9.17) is 9.47 Å². The first-order chi connectivity index (χ1) is 17.6. The predicted octanol–water partition coefficient (Wildman–Crippen LogP) is 2.29. The predicted molar refractivity (Wildman–Crippen MR) is 141 cm³/mol. The molecule has 0 unspecified atom stereocenters. The number of Topliss-reactive ketones (excluding diaryl/α,β-unsaturated/α-hetero) is 2. The molecule has 0 spiro atoms. The summed E-state index contributed by atoms with van der Waals surface area (Å²) in [6.07, 6.45) is 1.90. The van der Waals surface area contributed by atoms with E-state index in [1.54, 1.807) is 41.5 Å². The molecular formula is C28H38N2O8. The summed E-state index contributed by atoms with van der Waals surface area (Å²) >= 11 is 0. The van der Waals surface area contributed by atoms with E-state index < -0.39 is 22.8 Å². The van der Waals surface area contributed by atoms with Gasteiger partial charge in [0.25, 0.3) is 0 Å². The molecule has 1 aliphatic rings. The second-order valence-electron chi connectivity index (χ2n) is 10.2. The first-order valence-electron chi connectivity index (χ1n) is 12.2. The molecule has 0 radical (unpaired) electrons. The Bertz CT molecular complexity index is 1010. The van der Waals surface area contributed by atoms with Crippen LogP contribution in [0.1, 0.15) is 54.4 Å². The molecule has 10 heteroatoms. The molecule has 0 aromatic carbocycles. The normalized spacial score (nSPS) is 14.2. The number of hydrogen-bond donors (Lipinski definition) is 2. The van der Waals surface area contributed by atoms with Gasteiger partial charge in [-0.05, 0) is 13.8 Å². The van der Waals surface area contributed by atoms with Gasteiger partial charge in [0, 0.05) is 58.1 Å².